The molecule has 0 saturated carbocycles. The van der Waals surface area contributed by atoms with Crippen molar-refractivity contribution in [1.29, 1.82) is 0 Å². The Labute approximate surface area is 178 Å². The van der Waals surface area contributed by atoms with Crippen LogP contribution in [0.3, 0.4) is 0 Å². The lowest BCUT2D eigenvalue weighted by molar-refractivity contribution is 0.323. The minimum atomic E-state index is -3.83. The maximum atomic E-state index is 12.9. The Hall–Kier alpha value is -2.65. The number of hydrogen-bond acceptors (Lipinski definition) is 6. The summed E-state index contributed by atoms with van der Waals surface area (Å²) < 4.78 is 39.7. The number of anilines is 1. The molecule has 0 bridgehead atoms. The second-order valence-electron chi connectivity index (χ2n) is 5.90. The fraction of sp³-hybridized carbons (Fsp3) is 0.200. The van der Waals surface area contributed by atoms with Gasteiger partial charge in [-0.2, -0.15) is 0 Å². The van der Waals surface area contributed by atoms with Crippen LogP contribution in [0.1, 0.15) is 13.8 Å². The Kier molecular flexibility index (Phi) is 6.71. The van der Waals surface area contributed by atoms with Crippen LogP contribution >= 0.6 is 15.9 Å². The van der Waals surface area contributed by atoms with Crippen molar-refractivity contribution in [2.45, 2.75) is 18.7 Å². The van der Waals surface area contributed by atoms with Crippen molar-refractivity contribution in [2.24, 2.45) is 0 Å². The first kappa shape index (κ1) is 21.1. The molecule has 0 atom stereocenters. The first-order valence-electron chi connectivity index (χ1n) is 8.95. The highest BCUT2D eigenvalue weighted by Gasteiger charge is 2.20. The molecule has 3 aromatic rings. The molecule has 0 aliphatic carbocycles. The van der Waals surface area contributed by atoms with Crippen LogP contribution in [0.2, 0.25) is 0 Å². The van der Waals surface area contributed by atoms with Crippen molar-refractivity contribution < 1.29 is 17.9 Å². The smallest absolute Gasteiger partial charge is 0.265 e. The largest absolute Gasteiger partial charge is 0.492 e. The standard InChI is InChI=1S/C20H20BrN3O4S/c1-3-27-18-11-7-15(21)13-19(18)29(25,26)24-16-8-5-14(6-9-16)17-10-12-20(23-22-17)28-4-2/h5-13,24H,3-4H2,1-2H3. The van der Waals surface area contributed by atoms with E-state index < -0.39 is 10.0 Å². The van der Waals surface area contributed by atoms with Crippen LogP contribution in [0.5, 0.6) is 11.6 Å². The third kappa shape index (κ3) is 5.24. The number of halogens is 1. The molecule has 0 saturated heterocycles. The van der Waals surface area contributed by atoms with E-state index in [1.807, 2.05) is 6.92 Å². The molecule has 0 radical (unpaired) electrons. The molecule has 2 aromatic carbocycles. The van der Waals surface area contributed by atoms with Gasteiger partial charge in [-0.1, -0.05) is 28.1 Å². The van der Waals surface area contributed by atoms with Crippen molar-refractivity contribution in [2.75, 3.05) is 17.9 Å². The molecule has 1 heterocycles. The molecule has 0 fully saturated rings. The van der Waals surface area contributed by atoms with Gasteiger partial charge in [0.25, 0.3) is 10.0 Å². The Balaban J connectivity index is 1.81. The number of aromatic nitrogens is 2. The van der Waals surface area contributed by atoms with E-state index in [9.17, 15) is 8.42 Å². The van der Waals surface area contributed by atoms with Crippen LogP contribution in [-0.4, -0.2) is 31.8 Å². The predicted octanol–water partition coefficient (Wildman–Crippen LogP) is 4.50. The number of nitrogens with one attached hydrogen (secondary N) is 1. The Morgan fingerprint density at radius 3 is 2.28 bits per heavy atom. The lowest BCUT2D eigenvalue weighted by atomic mass is 10.1. The normalized spacial score (nSPS) is 11.1. The number of nitrogens with zero attached hydrogens (tertiary/aromatic N) is 2. The fourth-order valence-corrected chi connectivity index (χ4v) is 4.33. The minimum Gasteiger partial charge on any atom is -0.492 e. The molecule has 0 aliphatic heterocycles. The summed E-state index contributed by atoms with van der Waals surface area (Å²) in [7, 11) is -3.83. The molecule has 0 amide bonds. The maximum Gasteiger partial charge on any atom is 0.265 e. The molecule has 7 nitrogen and oxygen atoms in total. The highest BCUT2D eigenvalue weighted by Crippen LogP contribution is 2.29. The van der Waals surface area contributed by atoms with E-state index in [0.29, 0.717) is 40.7 Å². The van der Waals surface area contributed by atoms with E-state index in [1.165, 1.54) is 6.07 Å². The lowest BCUT2D eigenvalue weighted by Crippen LogP contribution is -2.14. The van der Waals surface area contributed by atoms with Gasteiger partial charge in [0.1, 0.15) is 10.6 Å². The van der Waals surface area contributed by atoms with Gasteiger partial charge in [-0.25, -0.2) is 8.42 Å². The molecule has 1 aromatic heterocycles. The molecule has 9 heteroatoms. The minimum absolute atomic E-state index is 0.0650. The van der Waals surface area contributed by atoms with Crippen molar-refractivity contribution in [3.63, 3.8) is 0 Å². The Morgan fingerprint density at radius 2 is 1.66 bits per heavy atom. The zero-order valence-corrected chi connectivity index (χ0v) is 18.3. The maximum absolute atomic E-state index is 12.9. The van der Waals surface area contributed by atoms with Gasteiger partial charge in [0, 0.05) is 21.8 Å². The average molecular weight is 478 g/mol. The van der Waals surface area contributed by atoms with E-state index in [0.717, 1.165) is 5.56 Å². The van der Waals surface area contributed by atoms with Crippen LogP contribution in [-0.2, 0) is 10.0 Å². The number of sulfonamides is 1. The Bertz CT molecular complexity index is 1070. The van der Waals surface area contributed by atoms with Crippen LogP contribution in [0, 0.1) is 0 Å². The summed E-state index contributed by atoms with van der Waals surface area (Å²) in [5.41, 5.74) is 1.89. The highest BCUT2D eigenvalue weighted by atomic mass is 79.9. The third-order valence-electron chi connectivity index (χ3n) is 3.86. The monoisotopic (exact) mass is 477 g/mol. The highest BCUT2D eigenvalue weighted by molar-refractivity contribution is 9.10. The summed E-state index contributed by atoms with van der Waals surface area (Å²) in [6.07, 6.45) is 0. The van der Waals surface area contributed by atoms with Crippen molar-refractivity contribution in [3.05, 3.63) is 59.1 Å². The molecule has 29 heavy (non-hydrogen) atoms. The summed E-state index contributed by atoms with van der Waals surface area (Å²) in [4.78, 5) is 0.0650. The third-order valence-corrected chi connectivity index (χ3v) is 5.76. The van der Waals surface area contributed by atoms with Crippen molar-refractivity contribution >= 4 is 31.6 Å². The summed E-state index contributed by atoms with van der Waals surface area (Å²) in [6, 6.07) is 15.3. The van der Waals surface area contributed by atoms with Gasteiger partial charge in [0.15, 0.2) is 0 Å². The predicted molar refractivity (Wildman–Crippen MR) is 115 cm³/mol. The zero-order valence-electron chi connectivity index (χ0n) is 15.9. The van der Waals surface area contributed by atoms with Crippen LogP contribution in [0.4, 0.5) is 5.69 Å². The number of ether oxygens (including phenoxy) is 2. The molecular formula is C20H20BrN3O4S. The van der Waals surface area contributed by atoms with E-state index in [1.54, 1.807) is 55.5 Å². The van der Waals surface area contributed by atoms with Crippen LogP contribution in [0.15, 0.2) is 64.0 Å². The van der Waals surface area contributed by atoms with Gasteiger partial charge < -0.3 is 9.47 Å². The summed E-state index contributed by atoms with van der Waals surface area (Å²) >= 11 is 3.31. The molecule has 1 N–H and O–H groups in total. The average Bonchev–Trinajstić information content (AvgIpc) is 2.71. The first-order valence-corrected chi connectivity index (χ1v) is 11.2. The van der Waals surface area contributed by atoms with E-state index >= 15 is 0 Å². The quantitative estimate of drug-likeness (QED) is 0.513. The second-order valence-corrected chi connectivity index (χ2v) is 8.46. The Morgan fingerprint density at radius 1 is 0.931 bits per heavy atom. The molecule has 152 valence electrons. The summed E-state index contributed by atoms with van der Waals surface area (Å²) in [5.74, 6) is 0.754. The van der Waals surface area contributed by atoms with Gasteiger partial charge in [0.05, 0.1) is 18.9 Å². The van der Waals surface area contributed by atoms with Gasteiger partial charge in [-0.05, 0) is 50.2 Å². The van der Waals surface area contributed by atoms with Gasteiger partial charge >= 0.3 is 0 Å². The second kappa shape index (κ2) is 9.23. The topological polar surface area (TPSA) is 90.4 Å². The number of hydrogen-bond donors (Lipinski definition) is 1. The number of benzene rings is 2. The molecule has 0 unspecified atom stereocenters. The summed E-state index contributed by atoms with van der Waals surface area (Å²) in [5, 5.41) is 8.13. The zero-order chi connectivity index (χ0) is 20.9. The number of rotatable bonds is 8. The molecule has 0 aliphatic rings. The SMILES string of the molecule is CCOc1ccc(-c2ccc(NS(=O)(=O)c3cc(Br)ccc3OCC)cc2)nn1. The van der Waals surface area contributed by atoms with Crippen molar-refractivity contribution in [3.8, 4) is 22.9 Å². The molecule has 3 rings (SSSR count). The van der Waals surface area contributed by atoms with Crippen LogP contribution in [0.25, 0.3) is 11.3 Å². The van der Waals surface area contributed by atoms with E-state index in [4.69, 9.17) is 9.47 Å². The fourth-order valence-electron chi connectivity index (χ4n) is 2.58. The lowest BCUT2D eigenvalue weighted by Gasteiger charge is -2.13. The molecule has 0 spiro atoms. The van der Waals surface area contributed by atoms with Crippen LogP contribution < -0.4 is 14.2 Å². The van der Waals surface area contributed by atoms with Gasteiger partial charge in [0.2, 0.25) is 5.88 Å². The van der Waals surface area contributed by atoms with E-state index in [2.05, 4.69) is 30.8 Å². The van der Waals surface area contributed by atoms with Gasteiger partial charge in [-0.15, -0.1) is 10.2 Å². The van der Waals surface area contributed by atoms with E-state index in [-0.39, 0.29) is 4.90 Å². The molecular weight excluding hydrogens is 458 g/mol. The summed E-state index contributed by atoms with van der Waals surface area (Å²) in [6.45, 7) is 4.56. The van der Waals surface area contributed by atoms with Crippen molar-refractivity contribution in [1.82, 2.24) is 10.2 Å². The first-order chi connectivity index (χ1) is 13.9. The van der Waals surface area contributed by atoms with Gasteiger partial charge in [-0.3, -0.25) is 4.72 Å².